The molecular weight excluding hydrogens is 232 g/mol. The molecule has 1 aliphatic carbocycles. The minimum atomic E-state index is -0.958. The summed E-state index contributed by atoms with van der Waals surface area (Å²) in [6.45, 7) is 3.13. The standard InChI is InChI=1S/C13H18N2O3/c1-9-7-10(13(16)17)8-12(14-9)18-6-5-15(2)11-3-4-11/h7-8,11H,3-6H2,1-2H3,(H,16,17). The van der Waals surface area contributed by atoms with Gasteiger partial charge in [-0.05, 0) is 32.9 Å². The van der Waals surface area contributed by atoms with Gasteiger partial charge < -0.3 is 14.7 Å². The second-order valence-corrected chi connectivity index (χ2v) is 4.70. The number of aromatic carboxylic acids is 1. The Morgan fingerprint density at radius 3 is 2.89 bits per heavy atom. The van der Waals surface area contributed by atoms with Crippen molar-refractivity contribution in [2.45, 2.75) is 25.8 Å². The van der Waals surface area contributed by atoms with Gasteiger partial charge in [-0.25, -0.2) is 9.78 Å². The van der Waals surface area contributed by atoms with Crippen molar-refractivity contribution in [3.8, 4) is 5.88 Å². The van der Waals surface area contributed by atoms with Gasteiger partial charge in [0.2, 0.25) is 5.88 Å². The van der Waals surface area contributed by atoms with Gasteiger partial charge in [0.15, 0.2) is 0 Å². The van der Waals surface area contributed by atoms with E-state index in [9.17, 15) is 4.79 Å². The van der Waals surface area contributed by atoms with Gasteiger partial charge in [0.25, 0.3) is 0 Å². The maximum absolute atomic E-state index is 10.9. The maximum Gasteiger partial charge on any atom is 0.335 e. The van der Waals surface area contributed by atoms with Crippen molar-refractivity contribution in [2.75, 3.05) is 20.2 Å². The molecule has 0 saturated heterocycles. The van der Waals surface area contributed by atoms with E-state index in [1.807, 2.05) is 0 Å². The maximum atomic E-state index is 10.9. The van der Waals surface area contributed by atoms with Gasteiger partial charge in [-0.1, -0.05) is 0 Å². The van der Waals surface area contributed by atoms with Gasteiger partial charge in [0.05, 0.1) is 5.56 Å². The number of carboxylic acid groups (broad SMARTS) is 1. The average Bonchev–Trinajstić information content (AvgIpc) is 3.11. The number of rotatable bonds is 6. The van der Waals surface area contributed by atoms with Crippen LogP contribution in [0, 0.1) is 6.92 Å². The highest BCUT2D eigenvalue weighted by Crippen LogP contribution is 2.24. The third kappa shape index (κ3) is 3.43. The molecule has 5 heteroatoms. The Kier molecular flexibility index (Phi) is 3.81. The van der Waals surface area contributed by atoms with Crippen molar-refractivity contribution in [1.82, 2.24) is 9.88 Å². The van der Waals surface area contributed by atoms with Gasteiger partial charge in [0, 0.05) is 24.3 Å². The first-order valence-electron chi connectivity index (χ1n) is 6.11. The first-order chi connectivity index (χ1) is 8.56. The van der Waals surface area contributed by atoms with Gasteiger partial charge in [0.1, 0.15) is 6.61 Å². The van der Waals surface area contributed by atoms with E-state index in [1.165, 1.54) is 25.0 Å². The van der Waals surface area contributed by atoms with Crippen LogP contribution in [0.25, 0.3) is 0 Å². The molecule has 0 aromatic carbocycles. The lowest BCUT2D eigenvalue weighted by atomic mass is 10.2. The molecule has 0 radical (unpaired) electrons. The number of carboxylic acids is 1. The fourth-order valence-electron chi connectivity index (χ4n) is 1.83. The molecule has 0 spiro atoms. The predicted octanol–water partition coefficient (Wildman–Crippen LogP) is 1.56. The first-order valence-corrected chi connectivity index (χ1v) is 6.11. The van der Waals surface area contributed by atoms with Gasteiger partial charge in [-0.15, -0.1) is 0 Å². The SMILES string of the molecule is Cc1cc(C(=O)O)cc(OCCN(C)C2CC2)n1. The average molecular weight is 250 g/mol. The molecule has 5 nitrogen and oxygen atoms in total. The zero-order valence-corrected chi connectivity index (χ0v) is 10.7. The quantitative estimate of drug-likeness (QED) is 0.830. The summed E-state index contributed by atoms with van der Waals surface area (Å²) in [5.41, 5.74) is 0.869. The van der Waals surface area contributed by atoms with E-state index in [-0.39, 0.29) is 5.56 Å². The van der Waals surface area contributed by atoms with Crippen LogP contribution in [-0.2, 0) is 0 Å². The van der Waals surface area contributed by atoms with Crippen molar-refractivity contribution in [1.29, 1.82) is 0 Å². The van der Waals surface area contributed by atoms with Crippen LogP contribution in [0.1, 0.15) is 28.9 Å². The summed E-state index contributed by atoms with van der Waals surface area (Å²) >= 11 is 0. The Morgan fingerprint density at radius 2 is 2.28 bits per heavy atom. The van der Waals surface area contributed by atoms with Crippen LogP contribution in [0.15, 0.2) is 12.1 Å². The van der Waals surface area contributed by atoms with Crippen LogP contribution in [0.2, 0.25) is 0 Å². The number of pyridine rings is 1. The van der Waals surface area contributed by atoms with Gasteiger partial charge >= 0.3 is 5.97 Å². The van der Waals surface area contributed by atoms with Crippen LogP contribution in [0.3, 0.4) is 0 Å². The normalized spacial score (nSPS) is 14.8. The molecule has 0 amide bonds. The number of likely N-dealkylation sites (N-methyl/N-ethyl adjacent to an activating group) is 1. The summed E-state index contributed by atoms with van der Waals surface area (Å²) in [7, 11) is 2.08. The molecule has 1 aliphatic rings. The third-order valence-corrected chi connectivity index (χ3v) is 3.04. The lowest BCUT2D eigenvalue weighted by Gasteiger charge is -2.15. The lowest BCUT2D eigenvalue weighted by Crippen LogP contribution is -2.26. The number of aromatic nitrogens is 1. The van der Waals surface area contributed by atoms with Gasteiger partial charge in [-0.3, -0.25) is 0 Å². The van der Waals surface area contributed by atoms with Crippen LogP contribution >= 0.6 is 0 Å². The smallest absolute Gasteiger partial charge is 0.335 e. The summed E-state index contributed by atoms with van der Waals surface area (Å²) in [5.74, 6) is -0.572. The first kappa shape index (κ1) is 12.8. The highest BCUT2D eigenvalue weighted by Gasteiger charge is 2.25. The van der Waals surface area contributed by atoms with E-state index in [2.05, 4.69) is 16.9 Å². The molecule has 0 bridgehead atoms. The second kappa shape index (κ2) is 5.35. The fraction of sp³-hybridized carbons (Fsp3) is 0.538. The van der Waals surface area contributed by atoms with Crippen LogP contribution < -0.4 is 4.74 Å². The monoisotopic (exact) mass is 250 g/mol. The lowest BCUT2D eigenvalue weighted by molar-refractivity contribution is 0.0696. The summed E-state index contributed by atoms with van der Waals surface area (Å²) in [5, 5.41) is 8.94. The number of ether oxygens (including phenoxy) is 1. The minimum Gasteiger partial charge on any atom is -0.478 e. The van der Waals surface area contributed by atoms with E-state index < -0.39 is 5.97 Å². The Balaban J connectivity index is 1.89. The number of carbonyl (C=O) groups is 1. The molecule has 1 aromatic rings. The molecule has 1 aromatic heterocycles. The zero-order chi connectivity index (χ0) is 13.1. The van der Waals surface area contributed by atoms with E-state index in [0.29, 0.717) is 24.2 Å². The summed E-state index contributed by atoms with van der Waals surface area (Å²) in [4.78, 5) is 17.3. The molecule has 0 unspecified atom stereocenters. The summed E-state index contributed by atoms with van der Waals surface area (Å²) in [6, 6.07) is 3.70. The summed E-state index contributed by atoms with van der Waals surface area (Å²) < 4.78 is 5.51. The molecular formula is C13H18N2O3. The minimum absolute atomic E-state index is 0.216. The largest absolute Gasteiger partial charge is 0.478 e. The Bertz CT molecular complexity index is 444. The van der Waals surface area contributed by atoms with E-state index in [0.717, 1.165) is 6.54 Å². The Hall–Kier alpha value is -1.62. The van der Waals surface area contributed by atoms with Crippen molar-refractivity contribution in [2.24, 2.45) is 0 Å². The van der Waals surface area contributed by atoms with Crippen molar-refractivity contribution in [3.63, 3.8) is 0 Å². The molecule has 1 saturated carbocycles. The Morgan fingerprint density at radius 1 is 1.56 bits per heavy atom. The number of aryl methyl sites for hydroxylation is 1. The molecule has 1 heterocycles. The Labute approximate surface area is 106 Å². The fourth-order valence-corrected chi connectivity index (χ4v) is 1.83. The van der Waals surface area contributed by atoms with Crippen molar-refractivity contribution >= 4 is 5.97 Å². The molecule has 0 atom stereocenters. The summed E-state index contributed by atoms with van der Waals surface area (Å²) in [6.07, 6.45) is 2.53. The topological polar surface area (TPSA) is 62.7 Å². The molecule has 1 fully saturated rings. The predicted molar refractivity (Wildman–Crippen MR) is 67.1 cm³/mol. The third-order valence-electron chi connectivity index (χ3n) is 3.04. The van der Waals surface area contributed by atoms with Crippen LogP contribution in [0.5, 0.6) is 5.88 Å². The highest BCUT2D eigenvalue weighted by atomic mass is 16.5. The van der Waals surface area contributed by atoms with Crippen molar-refractivity contribution < 1.29 is 14.6 Å². The molecule has 2 rings (SSSR count). The number of hydrogen-bond acceptors (Lipinski definition) is 4. The zero-order valence-electron chi connectivity index (χ0n) is 10.7. The van der Waals surface area contributed by atoms with E-state index >= 15 is 0 Å². The molecule has 1 N–H and O–H groups in total. The van der Waals surface area contributed by atoms with Crippen LogP contribution in [0.4, 0.5) is 0 Å². The second-order valence-electron chi connectivity index (χ2n) is 4.70. The van der Waals surface area contributed by atoms with Gasteiger partial charge in [-0.2, -0.15) is 0 Å². The highest BCUT2D eigenvalue weighted by molar-refractivity contribution is 5.87. The molecule has 18 heavy (non-hydrogen) atoms. The molecule has 0 aliphatic heterocycles. The number of nitrogens with zero attached hydrogens (tertiary/aromatic N) is 2. The van der Waals surface area contributed by atoms with E-state index in [1.54, 1.807) is 6.92 Å². The van der Waals surface area contributed by atoms with E-state index in [4.69, 9.17) is 9.84 Å². The van der Waals surface area contributed by atoms with Crippen LogP contribution in [-0.4, -0.2) is 47.2 Å². The number of hydrogen-bond donors (Lipinski definition) is 1. The van der Waals surface area contributed by atoms with Crippen molar-refractivity contribution in [3.05, 3.63) is 23.4 Å². The molecule has 98 valence electrons.